The Morgan fingerprint density at radius 1 is 0.900 bits per heavy atom. The zero-order valence-corrected chi connectivity index (χ0v) is 10.9. The number of aromatic nitrogens is 2. The minimum atomic E-state index is 0.464. The molecule has 0 unspecified atom stereocenters. The van der Waals surface area contributed by atoms with Gasteiger partial charge in [-0.15, -0.1) is 10.2 Å². The molecule has 0 saturated heterocycles. The summed E-state index contributed by atoms with van der Waals surface area (Å²) >= 11 is 0. The fourth-order valence-electron chi connectivity index (χ4n) is 2.13. The fourth-order valence-corrected chi connectivity index (χ4v) is 2.13. The van der Waals surface area contributed by atoms with Gasteiger partial charge in [0, 0.05) is 18.1 Å². The molecule has 0 aliphatic carbocycles. The summed E-state index contributed by atoms with van der Waals surface area (Å²) in [6.07, 6.45) is 0. The Kier molecular flexibility index (Phi) is 3.02. The number of benzene rings is 2. The molecule has 4 heteroatoms. The van der Waals surface area contributed by atoms with Crippen LogP contribution < -0.4 is 0 Å². The molecule has 3 aromatic rings. The Morgan fingerprint density at radius 3 is 2.20 bits per heavy atom. The SMILES string of the molecule is Cc1nnc(-c2ccccc2-c2ccccc2C#N)o1. The third-order valence-electron chi connectivity index (χ3n) is 3.02. The molecule has 0 spiro atoms. The van der Waals surface area contributed by atoms with Crippen LogP contribution >= 0.6 is 0 Å². The maximum atomic E-state index is 9.24. The summed E-state index contributed by atoms with van der Waals surface area (Å²) in [5, 5.41) is 17.2. The van der Waals surface area contributed by atoms with E-state index in [9.17, 15) is 5.26 Å². The van der Waals surface area contributed by atoms with Crippen LogP contribution in [0.3, 0.4) is 0 Å². The van der Waals surface area contributed by atoms with Crippen molar-refractivity contribution in [2.45, 2.75) is 6.92 Å². The first-order valence-corrected chi connectivity index (χ1v) is 6.18. The van der Waals surface area contributed by atoms with Crippen LogP contribution in [0.5, 0.6) is 0 Å². The highest BCUT2D eigenvalue weighted by atomic mass is 16.4. The van der Waals surface area contributed by atoms with Gasteiger partial charge in [-0.05, 0) is 17.7 Å². The van der Waals surface area contributed by atoms with Crippen molar-refractivity contribution in [1.29, 1.82) is 5.26 Å². The van der Waals surface area contributed by atoms with Crippen molar-refractivity contribution >= 4 is 0 Å². The van der Waals surface area contributed by atoms with Crippen LogP contribution in [0.2, 0.25) is 0 Å². The Morgan fingerprint density at radius 2 is 1.55 bits per heavy atom. The van der Waals surface area contributed by atoms with E-state index in [1.807, 2.05) is 42.5 Å². The second-order valence-electron chi connectivity index (χ2n) is 4.33. The monoisotopic (exact) mass is 261 g/mol. The Labute approximate surface area is 116 Å². The molecule has 0 fully saturated rings. The van der Waals surface area contributed by atoms with Crippen molar-refractivity contribution in [2.24, 2.45) is 0 Å². The standard InChI is InChI=1S/C16H11N3O/c1-11-18-19-16(20-11)15-9-5-4-8-14(15)13-7-3-2-6-12(13)10-17/h2-9H,1H3. The highest BCUT2D eigenvalue weighted by Crippen LogP contribution is 2.32. The van der Waals surface area contributed by atoms with E-state index in [0.29, 0.717) is 17.3 Å². The molecule has 1 heterocycles. The predicted molar refractivity (Wildman–Crippen MR) is 74.6 cm³/mol. The lowest BCUT2D eigenvalue weighted by atomic mass is 9.96. The van der Waals surface area contributed by atoms with Crippen LogP contribution in [-0.2, 0) is 0 Å². The average Bonchev–Trinajstić information content (AvgIpc) is 2.93. The lowest BCUT2D eigenvalue weighted by molar-refractivity contribution is 0.533. The van der Waals surface area contributed by atoms with Crippen LogP contribution in [0.25, 0.3) is 22.6 Å². The summed E-state index contributed by atoms with van der Waals surface area (Å²) in [6, 6.07) is 17.4. The van der Waals surface area contributed by atoms with Crippen LogP contribution in [0.1, 0.15) is 11.5 Å². The molecular weight excluding hydrogens is 250 g/mol. The van der Waals surface area contributed by atoms with E-state index >= 15 is 0 Å². The number of hydrogen-bond acceptors (Lipinski definition) is 4. The van der Waals surface area contributed by atoms with Crippen molar-refractivity contribution in [2.75, 3.05) is 0 Å². The summed E-state index contributed by atoms with van der Waals surface area (Å²) in [5.41, 5.74) is 3.22. The summed E-state index contributed by atoms with van der Waals surface area (Å²) in [5.74, 6) is 0.981. The minimum Gasteiger partial charge on any atom is -0.421 e. The molecule has 2 aromatic carbocycles. The lowest BCUT2D eigenvalue weighted by Crippen LogP contribution is -1.88. The molecule has 0 atom stereocenters. The second-order valence-corrected chi connectivity index (χ2v) is 4.33. The lowest BCUT2D eigenvalue weighted by Gasteiger charge is -2.07. The van der Waals surface area contributed by atoms with Gasteiger partial charge in [-0.25, -0.2) is 0 Å². The Bertz CT molecular complexity index is 799. The van der Waals surface area contributed by atoms with Gasteiger partial charge in [0.2, 0.25) is 11.8 Å². The molecule has 3 rings (SSSR count). The molecule has 4 nitrogen and oxygen atoms in total. The van der Waals surface area contributed by atoms with E-state index in [-0.39, 0.29) is 0 Å². The molecule has 0 N–H and O–H groups in total. The maximum absolute atomic E-state index is 9.24. The Hall–Kier alpha value is -2.93. The zero-order chi connectivity index (χ0) is 13.9. The molecule has 0 aliphatic rings. The van der Waals surface area contributed by atoms with Gasteiger partial charge in [-0.1, -0.05) is 36.4 Å². The number of rotatable bonds is 2. The molecule has 96 valence electrons. The van der Waals surface area contributed by atoms with E-state index in [0.717, 1.165) is 16.7 Å². The molecule has 0 radical (unpaired) electrons. The number of hydrogen-bond donors (Lipinski definition) is 0. The van der Waals surface area contributed by atoms with Crippen LogP contribution in [0, 0.1) is 18.3 Å². The van der Waals surface area contributed by atoms with Crippen molar-refractivity contribution in [1.82, 2.24) is 10.2 Å². The van der Waals surface area contributed by atoms with Gasteiger partial charge in [0.1, 0.15) is 0 Å². The normalized spacial score (nSPS) is 10.2. The molecule has 0 aliphatic heterocycles. The third kappa shape index (κ3) is 2.06. The molecule has 1 aromatic heterocycles. The highest BCUT2D eigenvalue weighted by molar-refractivity contribution is 5.82. The van der Waals surface area contributed by atoms with Gasteiger partial charge < -0.3 is 4.42 Å². The van der Waals surface area contributed by atoms with Crippen molar-refractivity contribution in [3.05, 3.63) is 60.0 Å². The first-order chi connectivity index (χ1) is 9.79. The predicted octanol–water partition coefficient (Wildman–Crippen LogP) is 3.58. The van der Waals surface area contributed by atoms with Crippen LogP contribution in [-0.4, -0.2) is 10.2 Å². The Balaban J connectivity index is 2.23. The molecule has 0 bridgehead atoms. The maximum Gasteiger partial charge on any atom is 0.248 e. The van der Waals surface area contributed by atoms with Gasteiger partial charge >= 0.3 is 0 Å². The average molecular weight is 261 g/mol. The summed E-state index contributed by atoms with van der Waals surface area (Å²) in [4.78, 5) is 0. The third-order valence-corrected chi connectivity index (χ3v) is 3.02. The van der Waals surface area contributed by atoms with Gasteiger partial charge in [0.15, 0.2) is 0 Å². The van der Waals surface area contributed by atoms with Crippen molar-refractivity contribution in [3.63, 3.8) is 0 Å². The topological polar surface area (TPSA) is 62.7 Å². The van der Waals surface area contributed by atoms with Crippen molar-refractivity contribution in [3.8, 4) is 28.7 Å². The fraction of sp³-hybridized carbons (Fsp3) is 0.0625. The molecule has 20 heavy (non-hydrogen) atoms. The quantitative estimate of drug-likeness (QED) is 0.707. The van der Waals surface area contributed by atoms with Gasteiger partial charge in [0.25, 0.3) is 0 Å². The molecule has 0 saturated carbocycles. The van der Waals surface area contributed by atoms with Crippen LogP contribution in [0.15, 0.2) is 52.9 Å². The number of nitriles is 1. The largest absolute Gasteiger partial charge is 0.421 e. The number of nitrogens with zero attached hydrogens (tertiary/aromatic N) is 3. The second kappa shape index (κ2) is 4.98. The van der Waals surface area contributed by atoms with E-state index < -0.39 is 0 Å². The minimum absolute atomic E-state index is 0.464. The van der Waals surface area contributed by atoms with Crippen molar-refractivity contribution < 1.29 is 4.42 Å². The summed E-state index contributed by atoms with van der Waals surface area (Å²) < 4.78 is 5.50. The van der Waals surface area contributed by atoms with Gasteiger partial charge in [-0.2, -0.15) is 5.26 Å². The highest BCUT2D eigenvalue weighted by Gasteiger charge is 2.14. The van der Waals surface area contributed by atoms with Crippen LogP contribution in [0.4, 0.5) is 0 Å². The van der Waals surface area contributed by atoms with E-state index in [1.54, 1.807) is 13.0 Å². The van der Waals surface area contributed by atoms with E-state index in [1.165, 1.54) is 0 Å². The summed E-state index contributed by atoms with van der Waals surface area (Å²) in [6.45, 7) is 1.75. The van der Waals surface area contributed by atoms with E-state index in [2.05, 4.69) is 16.3 Å². The smallest absolute Gasteiger partial charge is 0.248 e. The molecule has 0 amide bonds. The first-order valence-electron chi connectivity index (χ1n) is 6.18. The van der Waals surface area contributed by atoms with E-state index in [4.69, 9.17) is 4.42 Å². The number of aryl methyl sites for hydroxylation is 1. The van der Waals surface area contributed by atoms with Gasteiger partial charge in [0.05, 0.1) is 11.6 Å². The zero-order valence-electron chi connectivity index (χ0n) is 10.9. The first kappa shape index (κ1) is 12.1. The van der Waals surface area contributed by atoms with Gasteiger partial charge in [-0.3, -0.25) is 0 Å². The molecular formula is C16H11N3O. The summed E-state index contributed by atoms with van der Waals surface area (Å²) in [7, 11) is 0.